The van der Waals surface area contributed by atoms with E-state index >= 15 is 0 Å². The number of hydrogen-bond acceptors (Lipinski definition) is 5. The third-order valence-electron chi connectivity index (χ3n) is 5.09. The minimum atomic E-state index is -0.553. The summed E-state index contributed by atoms with van der Waals surface area (Å²) in [6, 6.07) is 16.9. The summed E-state index contributed by atoms with van der Waals surface area (Å²) in [5.41, 5.74) is 2.39. The number of methoxy groups -OCH3 is 1. The molecule has 0 bridgehead atoms. The Hall–Kier alpha value is -3.85. The fourth-order valence-corrected chi connectivity index (χ4v) is 3.43. The molecule has 2 aromatic rings. The van der Waals surface area contributed by atoms with Crippen LogP contribution in [0.2, 0.25) is 0 Å². The van der Waals surface area contributed by atoms with Gasteiger partial charge in [-0.3, -0.25) is 14.5 Å². The van der Waals surface area contributed by atoms with Crippen molar-refractivity contribution in [3.63, 3.8) is 0 Å². The number of nitriles is 1. The minimum absolute atomic E-state index is 0.0168. The van der Waals surface area contributed by atoms with Gasteiger partial charge in [-0.05, 0) is 55.2 Å². The Morgan fingerprint density at radius 3 is 2.45 bits per heavy atom. The predicted octanol–water partition coefficient (Wildman–Crippen LogP) is 3.93. The maximum Gasteiger partial charge on any atom is 0.271 e. The lowest BCUT2D eigenvalue weighted by atomic mass is 9.93. The summed E-state index contributed by atoms with van der Waals surface area (Å²) in [4.78, 5) is 27.1. The van der Waals surface area contributed by atoms with E-state index < -0.39 is 11.8 Å². The van der Waals surface area contributed by atoms with E-state index in [1.807, 2.05) is 43.3 Å². The molecular weight excluding hydrogens is 392 g/mol. The molecule has 6 nitrogen and oxygen atoms in total. The normalized spacial score (nSPS) is 15.3. The Labute approximate surface area is 182 Å². The van der Waals surface area contributed by atoms with E-state index in [2.05, 4.69) is 0 Å². The Bertz CT molecular complexity index is 1090. The SMILES string of the molecule is CCOc1ccc(/C=C2/C(=O)N(CCc3ccccc3)C(=O)C(C#N)=C2C)cc1OC. The quantitative estimate of drug-likeness (QED) is 0.505. The van der Waals surface area contributed by atoms with Crippen molar-refractivity contribution >= 4 is 17.9 Å². The van der Waals surface area contributed by atoms with Crippen LogP contribution in [0.1, 0.15) is 25.0 Å². The van der Waals surface area contributed by atoms with Gasteiger partial charge in [0, 0.05) is 12.1 Å². The number of ether oxygens (including phenoxy) is 2. The number of benzene rings is 2. The molecule has 0 fully saturated rings. The molecule has 0 atom stereocenters. The molecular formula is C25H24N2O4. The van der Waals surface area contributed by atoms with Gasteiger partial charge in [-0.2, -0.15) is 5.26 Å². The van der Waals surface area contributed by atoms with Crippen LogP contribution >= 0.6 is 0 Å². The number of carbonyl (C=O) groups is 2. The van der Waals surface area contributed by atoms with E-state index in [0.717, 1.165) is 10.5 Å². The number of hydrogen-bond donors (Lipinski definition) is 0. The van der Waals surface area contributed by atoms with Gasteiger partial charge < -0.3 is 9.47 Å². The maximum absolute atomic E-state index is 13.2. The fraction of sp³-hybridized carbons (Fsp3) is 0.240. The molecule has 1 heterocycles. The molecule has 0 aliphatic carbocycles. The molecule has 2 aromatic carbocycles. The van der Waals surface area contributed by atoms with Crippen molar-refractivity contribution in [2.24, 2.45) is 0 Å². The van der Waals surface area contributed by atoms with Crippen LogP contribution in [0.4, 0.5) is 0 Å². The second-order valence-corrected chi connectivity index (χ2v) is 7.01. The third kappa shape index (κ3) is 4.67. The van der Waals surface area contributed by atoms with Crippen molar-refractivity contribution in [2.75, 3.05) is 20.3 Å². The fourth-order valence-electron chi connectivity index (χ4n) is 3.43. The Kier molecular flexibility index (Phi) is 6.88. The lowest BCUT2D eigenvalue weighted by Crippen LogP contribution is -2.43. The van der Waals surface area contributed by atoms with Gasteiger partial charge in [0.2, 0.25) is 0 Å². The first-order chi connectivity index (χ1) is 15.0. The second kappa shape index (κ2) is 9.77. The van der Waals surface area contributed by atoms with Gasteiger partial charge in [-0.25, -0.2) is 0 Å². The molecule has 0 aromatic heterocycles. The van der Waals surface area contributed by atoms with Crippen LogP contribution in [0.15, 0.2) is 65.3 Å². The monoisotopic (exact) mass is 416 g/mol. The standard InChI is InChI=1S/C25H24N2O4/c1-4-31-22-11-10-19(15-23(22)30-3)14-20-17(2)21(16-26)25(29)27(24(20)28)13-12-18-8-6-5-7-9-18/h5-11,14-15H,4,12-13H2,1-3H3/b20-14+. The summed E-state index contributed by atoms with van der Waals surface area (Å²) in [6.07, 6.45) is 2.19. The lowest BCUT2D eigenvalue weighted by Gasteiger charge is -2.27. The van der Waals surface area contributed by atoms with E-state index in [9.17, 15) is 14.9 Å². The first-order valence-corrected chi connectivity index (χ1v) is 10.0. The molecule has 31 heavy (non-hydrogen) atoms. The predicted molar refractivity (Wildman–Crippen MR) is 117 cm³/mol. The van der Waals surface area contributed by atoms with Crippen molar-refractivity contribution in [3.05, 3.63) is 76.4 Å². The summed E-state index contributed by atoms with van der Waals surface area (Å²) < 4.78 is 10.9. The maximum atomic E-state index is 13.2. The van der Waals surface area contributed by atoms with Gasteiger partial charge in [-0.15, -0.1) is 0 Å². The van der Waals surface area contributed by atoms with Gasteiger partial charge >= 0.3 is 0 Å². The molecule has 158 valence electrons. The highest BCUT2D eigenvalue weighted by atomic mass is 16.5. The summed E-state index contributed by atoms with van der Waals surface area (Å²) in [7, 11) is 1.55. The van der Waals surface area contributed by atoms with Crippen LogP contribution in [0.5, 0.6) is 11.5 Å². The number of carbonyl (C=O) groups excluding carboxylic acids is 2. The average molecular weight is 416 g/mol. The van der Waals surface area contributed by atoms with Crippen LogP contribution in [-0.2, 0) is 16.0 Å². The molecule has 2 amide bonds. The van der Waals surface area contributed by atoms with Gasteiger partial charge in [0.1, 0.15) is 11.6 Å². The Morgan fingerprint density at radius 2 is 1.81 bits per heavy atom. The molecule has 0 N–H and O–H groups in total. The van der Waals surface area contributed by atoms with Crippen molar-refractivity contribution in [3.8, 4) is 17.6 Å². The van der Waals surface area contributed by atoms with Gasteiger partial charge in [0.05, 0.1) is 13.7 Å². The zero-order valence-electron chi connectivity index (χ0n) is 17.8. The smallest absolute Gasteiger partial charge is 0.271 e. The van der Waals surface area contributed by atoms with Gasteiger partial charge in [-0.1, -0.05) is 36.4 Å². The largest absolute Gasteiger partial charge is 0.493 e. The molecule has 0 saturated heterocycles. The summed E-state index contributed by atoms with van der Waals surface area (Å²) in [6.45, 7) is 4.21. The Morgan fingerprint density at radius 1 is 1.06 bits per heavy atom. The molecule has 1 aliphatic heterocycles. The first-order valence-electron chi connectivity index (χ1n) is 10.0. The molecule has 3 rings (SSSR count). The molecule has 0 spiro atoms. The highest BCUT2D eigenvalue weighted by molar-refractivity contribution is 6.19. The van der Waals surface area contributed by atoms with Crippen LogP contribution in [-0.4, -0.2) is 37.0 Å². The number of rotatable bonds is 7. The lowest BCUT2D eigenvalue weighted by molar-refractivity contribution is -0.140. The summed E-state index contributed by atoms with van der Waals surface area (Å²) in [5.74, 6) is 0.179. The minimum Gasteiger partial charge on any atom is -0.493 e. The first kappa shape index (κ1) is 21.8. The second-order valence-electron chi connectivity index (χ2n) is 7.01. The zero-order valence-corrected chi connectivity index (χ0v) is 17.8. The molecule has 0 radical (unpaired) electrons. The van der Waals surface area contributed by atoms with Gasteiger partial charge in [0.25, 0.3) is 11.8 Å². The van der Waals surface area contributed by atoms with E-state index in [1.54, 1.807) is 38.3 Å². The molecule has 0 unspecified atom stereocenters. The van der Waals surface area contributed by atoms with E-state index in [1.165, 1.54) is 0 Å². The molecule has 6 heteroatoms. The molecule has 1 aliphatic rings. The summed E-state index contributed by atoms with van der Waals surface area (Å²) in [5, 5.41) is 9.55. The number of imide groups is 1. The number of amides is 2. The van der Waals surface area contributed by atoms with Gasteiger partial charge in [0.15, 0.2) is 11.5 Å². The van der Waals surface area contributed by atoms with Crippen molar-refractivity contribution in [1.29, 1.82) is 5.26 Å². The van der Waals surface area contributed by atoms with Crippen LogP contribution in [0.25, 0.3) is 6.08 Å². The zero-order chi connectivity index (χ0) is 22.4. The average Bonchev–Trinajstić information content (AvgIpc) is 2.78. The highest BCUT2D eigenvalue weighted by Crippen LogP contribution is 2.31. The molecule has 0 saturated carbocycles. The van der Waals surface area contributed by atoms with Crippen LogP contribution < -0.4 is 9.47 Å². The topological polar surface area (TPSA) is 79.6 Å². The van der Waals surface area contributed by atoms with Crippen LogP contribution in [0.3, 0.4) is 0 Å². The van der Waals surface area contributed by atoms with E-state index in [-0.39, 0.29) is 12.1 Å². The highest BCUT2D eigenvalue weighted by Gasteiger charge is 2.35. The summed E-state index contributed by atoms with van der Waals surface area (Å²) >= 11 is 0. The van der Waals surface area contributed by atoms with E-state index in [4.69, 9.17) is 9.47 Å². The third-order valence-corrected chi connectivity index (χ3v) is 5.09. The van der Waals surface area contributed by atoms with Crippen molar-refractivity contribution in [2.45, 2.75) is 20.3 Å². The van der Waals surface area contributed by atoms with Crippen molar-refractivity contribution < 1.29 is 19.1 Å². The van der Waals surface area contributed by atoms with Crippen molar-refractivity contribution in [1.82, 2.24) is 4.90 Å². The van der Waals surface area contributed by atoms with E-state index in [0.29, 0.717) is 41.2 Å². The van der Waals surface area contributed by atoms with Crippen LogP contribution in [0, 0.1) is 11.3 Å². The Balaban J connectivity index is 1.96. The number of nitrogens with zero attached hydrogens (tertiary/aromatic N) is 2.